The van der Waals surface area contributed by atoms with Crippen molar-refractivity contribution in [1.29, 1.82) is 0 Å². The van der Waals surface area contributed by atoms with E-state index >= 15 is 0 Å². The van der Waals surface area contributed by atoms with E-state index in [4.69, 9.17) is 0 Å². The molecule has 1 aromatic carbocycles. The van der Waals surface area contributed by atoms with Crippen molar-refractivity contribution >= 4 is 5.65 Å². The smallest absolute Gasteiger partial charge is 0.250 e. The van der Waals surface area contributed by atoms with E-state index in [2.05, 4.69) is 42.2 Å². The van der Waals surface area contributed by atoms with Crippen LogP contribution in [-0.4, -0.2) is 14.6 Å². The number of aromatic amines is 1. The normalized spacial score (nSPS) is 11.0. The Morgan fingerprint density at radius 1 is 1.17 bits per heavy atom. The minimum atomic E-state index is -0.211. The standard InChI is InChI=1S/C14H13N3O/c1-9-3-5-12(10(2)7-9)11-4-6-13-15-16-14(18)17(13)8-11/h3-8H,1-2H3,(H,16,18). The van der Waals surface area contributed by atoms with Gasteiger partial charge in [-0.1, -0.05) is 23.8 Å². The minimum absolute atomic E-state index is 0.211. The first kappa shape index (κ1) is 10.8. The van der Waals surface area contributed by atoms with Crippen molar-refractivity contribution in [3.63, 3.8) is 0 Å². The van der Waals surface area contributed by atoms with Gasteiger partial charge in [0.2, 0.25) is 0 Å². The molecule has 0 unspecified atom stereocenters. The fraction of sp³-hybridized carbons (Fsp3) is 0.143. The van der Waals surface area contributed by atoms with Crippen LogP contribution in [0.15, 0.2) is 41.3 Å². The van der Waals surface area contributed by atoms with Crippen molar-refractivity contribution in [3.8, 4) is 11.1 Å². The van der Waals surface area contributed by atoms with Crippen LogP contribution in [-0.2, 0) is 0 Å². The van der Waals surface area contributed by atoms with E-state index < -0.39 is 0 Å². The predicted molar refractivity (Wildman–Crippen MR) is 70.7 cm³/mol. The van der Waals surface area contributed by atoms with Crippen molar-refractivity contribution in [3.05, 3.63) is 58.1 Å². The molecule has 0 saturated carbocycles. The molecule has 0 saturated heterocycles. The molecule has 18 heavy (non-hydrogen) atoms. The Labute approximate surface area is 104 Å². The van der Waals surface area contributed by atoms with E-state index in [1.165, 1.54) is 15.5 Å². The average molecular weight is 239 g/mol. The Kier molecular flexibility index (Phi) is 2.30. The van der Waals surface area contributed by atoms with Crippen molar-refractivity contribution in [2.45, 2.75) is 13.8 Å². The van der Waals surface area contributed by atoms with E-state index in [9.17, 15) is 4.79 Å². The summed E-state index contributed by atoms with van der Waals surface area (Å²) in [6.45, 7) is 4.14. The van der Waals surface area contributed by atoms with Crippen LogP contribution < -0.4 is 5.69 Å². The first-order valence-electron chi connectivity index (χ1n) is 5.79. The number of hydrogen-bond donors (Lipinski definition) is 1. The molecular weight excluding hydrogens is 226 g/mol. The zero-order valence-corrected chi connectivity index (χ0v) is 10.3. The summed E-state index contributed by atoms with van der Waals surface area (Å²) < 4.78 is 1.52. The molecule has 0 aliphatic rings. The summed E-state index contributed by atoms with van der Waals surface area (Å²) in [4.78, 5) is 11.5. The van der Waals surface area contributed by atoms with Gasteiger partial charge >= 0.3 is 5.69 Å². The number of aromatic nitrogens is 3. The molecule has 3 aromatic rings. The zero-order chi connectivity index (χ0) is 12.7. The highest BCUT2D eigenvalue weighted by Gasteiger charge is 2.05. The molecular formula is C14H13N3O. The molecule has 0 fully saturated rings. The highest BCUT2D eigenvalue weighted by atomic mass is 16.1. The molecule has 0 radical (unpaired) electrons. The summed E-state index contributed by atoms with van der Waals surface area (Å²) in [6.07, 6.45) is 1.82. The van der Waals surface area contributed by atoms with E-state index in [0.29, 0.717) is 5.65 Å². The molecule has 0 amide bonds. The van der Waals surface area contributed by atoms with Crippen LogP contribution in [0.5, 0.6) is 0 Å². The number of nitrogens with one attached hydrogen (secondary N) is 1. The van der Waals surface area contributed by atoms with Crippen LogP contribution in [0.2, 0.25) is 0 Å². The molecule has 0 bridgehead atoms. The quantitative estimate of drug-likeness (QED) is 0.708. The van der Waals surface area contributed by atoms with Crippen LogP contribution in [0.4, 0.5) is 0 Å². The monoisotopic (exact) mass is 239 g/mol. The van der Waals surface area contributed by atoms with Crippen molar-refractivity contribution in [2.24, 2.45) is 0 Å². The van der Waals surface area contributed by atoms with Gasteiger partial charge in [-0.15, -0.1) is 0 Å². The van der Waals surface area contributed by atoms with Gasteiger partial charge in [-0.2, -0.15) is 5.10 Å². The van der Waals surface area contributed by atoms with Gasteiger partial charge in [0.05, 0.1) is 0 Å². The lowest BCUT2D eigenvalue weighted by atomic mass is 10.0. The molecule has 1 N–H and O–H groups in total. The van der Waals surface area contributed by atoms with Gasteiger partial charge in [-0.3, -0.25) is 0 Å². The molecule has 90 valence electrons. The Balaban J connectivity index is 2.24. The lowest BCUT2D eigenvalue weighted by Crippen LogP contribution is -2.08. The number of rotatable bonds is 1. The third-order valence-corrected chi connectivity index (χ3v) is 3.10. The summed E-state index contributed by atoms with van der Waals surface area (Å²) in [7, 11) is 0. The van der Waals surface area contributed by atoms with Gasteiger partial charge in [0, 0.05) is 6.20 Å². The number of aryl methyl sites for hydroxylation is 2. The third kappa shape index (κ3) is 1.62. The second kappa shape index (κ2) is 3.84. The Morgan fingerprint density at radius 3 is 2.78 bits per heavy atom. The second-order valence-corrected chi connectivity index (χ2v) is 4.49. The number of benzene rings is 1. The Bertz CT molecular complexity index is 783. The van der Waals surface area contributed by atoms with Crippen LogP contribution in [0.3, 0.4) is 0 Å². The maximum atomic E-state index is 11.5. The lowest BCUT2D eigenvalue weighted by Gasteiger charge is -2.07. The lowest BCUT2D eigenvalue weighted by molar-refractivity contribution is 1.02. The molecule has 0 aliphatic carbocycles. The minimum Gasteiger partial charge on any atom is -0.250 e. The van der Waals surface area contributed by atoms with Crippen LogP contribution >= 0.6 is 0 Å². The fourth-order valence-corrected chi connectivity index (χ4v) is 2.20. The predicted octanol–water partition coefficient (Wildman–Crippen LogP) is 2.31. The van der Waals surface area contributed by atoms with E-state index in [-0.39, 0.29) is 5.69 Å². The van der Waals surface area contributed by atoms with Gasteiger partial charge in [0.25, 0.3) is 0 Å². The molecule has 2 heterocycles. The van der Waals surface area contributed by atoms with Crippen molar-refractivity contribution < 1.29 is 0 Å². The summed E-state index contributed by atoms with van der Waals surface area (Å²) in [5, 5.41) is 6.35. The molecule has 3 rings (SSSR count). The van der Waals surface area contributed by atoms with Crippen LogP contribution in [0, 0.1) is 13.8 Å². The highest BCUT2D eigenvalue weighted by Crippen LogP contribution is 2.23. The van der Waals surface area contributed by atoms with Crippen molar-refractivity contribution in [2.75, 3.05) is 0 Å². The third-order valence-electron chi connectivity index (χ3n) is 3.10. The SMILES string of the molecule is Cc1ccc(-c2ccc3n[nH]c(=O)n3c2)c(C)c1. The molecule has 0 spiro atoms. The van der Waals surface area contributed by atoms with Crippen LogP contribution in [0.1, 0.15) is 11.1 Å². The van der Waals surface area contributed by atoms with E-state index in [0.717, 1.165) is 11.1 Å². The molecule has 0 atom stereocenters. The summed E-state index contributed by atoms with van der Waals surface area (Å²) in [6, 6.07) is 10.1. The Hall–Kier alpha value is -2.36. The first-order chi connectivity index (χ1) is 8.65. The van der Waals surface area contributed by atoms with Gasteiger partial charge in [-0.25, -0.2) is 14.3 Å². The topological polar surface area (TPSA) is 50.2 Å². The number of H-pyrrole nitrogens is 1. The molecule has 4 heteroatoms. The summed E-state index contributed by atoms with van der Waals surface area (Å²) in [5.41, 5.74) is 5.01. The number of pyridine rings is 1. The first-order valence-corrected chi connectivity index (χ1v) is 5.79. The summed E-state index contributed by atoms with van der Waals surface area (Å²) in [5.74, 6) is 0. The van der Waals surface area contributed by atoms with E-state index in [1.807, 2.05) is 18.3 Å². The zero-order valence-electron chi connectivity index (χ0n) is 10.3. The van der Waals surface area contributed by atoms with Crippen LogP contribution in [0.25, 0.3) is 16.8 Å². The van der Waals surface area contributed by atoms with Gasteiger partial charge in [-0.05, 0) is 42.7 Å². The highest BCUT2D eigenvalue weighted by molar-refractivity contribution is 5.68. The Morgan fingerprint density at radius 2 is 2.00 bits per heavy atom. The largest absolute Gasteiger partial charge is 0.347 e. The molecule has 2 aromatic heterocycles. The number of fused-ring (bicyclic) bond motifs is 1. The summed E-state index contributed by atoms with van der Waals surface area (Å²) >= 11 is 0. The number of hydrogen-bond acceptors (Lipinski definition) is 2. The van der Waals surface area contributed by atoms with Gasteiger partial charge in [0.15, 0.2) is 5.65 Å². The van der Waals surface area contributed by atoms with Gasteiger partial charge in [0.1, 0.15) is 0 Å². The van der Waals surface area contributed by atoms with E-state index in [1.54, 1.807) is 0 Å². The average Bonchev–Trinajstić information content (AvgIpc) is 2.71. The second-order valence-electron chi connectivity index (χ2n) is 4.49. The fourth-order valence-electron chi connectivity index (χ4n) is 2.20. The molecule has 0 aliphatic heterocycles. The molecule has 4 nitrogen and oxygen atoms in total. The number of nitrogens with zero attached hydrogens (tertiary/aromatic N) is 2. The maximum absolute atomic E-state index is 11.5. The maximum Gasteiger partial charge on any atom is 0.347 e. The van der Waals surface area contributed by atoms with Gasteiger partial charge < -0.3 is 0 Å². The van der Waals surface area contributed by atoms with Crippen molar-refractivity contribution in [1.82, 2.24) is 14.6 Å².